The first kappa shape index (κ1) is 64.1. The summed E-state index contributed by atoms with van der Waals surface area (Å²) in [7, 11) is 0. The number of allylic oxidation sites excluding steroid dienone is 18. The third-order valence-electron chi connectivity index (χ3n) is 11.5. The maximum absolute atomic E-state index is 12.8. The second kappa shape index (κ2) is 55.7. The summed E-state index contributed by atoms with van der Waals surface area (Å²) in [4.78, 5) is 38.0. The Hall–Kier alpha value is -3.93. The molecule has 0 bridgehead atoms. The van der Waals surface area contributed by atoms with Crippen LogP contribution in [0.5, 0.6) is 0 Å². The van der Waals surface area contributed by atoms with Gasteiger partial charge in [0.15, 0.2) is 6.10 Å². The molecule has 1 atom stereocenters. The summed E-state index contributed by atoms with van der Waals surface area (Å²) >= 11 is 0. The van der Waals surface area contributed by atoms with Gasteiger partial charge >= 0.3 is 17.9 Å². The van der Waals surface area contributed by atoms with Gasteiger partial charge in [0.2, 0.25) is 0 Å². The van der Waals surface area contributed by atoms with E-state index in [4.69, 9.17) is 14.2 Å². The largest absolute Gasteiger partial charge is 0.462 e. The molecule has 0 saturated carbocycles. The number of ether oxygens (including phenoxy) is 3. The maximum atomic E-state index is 12.8. The van der Waals surface area contributed by atoms with Crippen molar-refractivity contribution in [1.29, 1.82) is 0 Å². The first-order chi connectivity index (χ1) is 33.5. The fourth-order valence-electron chi connectivity index (χ4n) is 7.38. The van der Waals surface area contributed by atoms with Gasteiger partial charge in [-0.2, -0.15) is 0 Å². The van der Waals surface area contributed by atoms with Crippen LogP contribution < -0.4 is 0 Å². The minimum absolute atomic E-state index is 0.111. The van der Waals surface area contributed by atoms with E-state index in [0.717, 1.165) is 103 Å². The van der Waals surface area contributed by atoms with Gasteiger partial charge in [0.05, 0.1) is 0 Å². The molecule has 0 aliphatic carbocycles. The Labute approximate surface area is 419 Å². The number of carbonyl (C=O) groups is 3. The molecule has 1 unspecified atom stereocenters. The minimum Gasteiger partial charge on any atom is -0.462 e. The first-order valence-corrected chi connectivity index (χ1v) is 27.9. The lowest BCUT2D eigenvalue weighted by molar-refractivity contribution is -0.166. The molecule has 0 rings (SSSR count). The van der Waals surface area contributed by atoms with E-state index in [-0.39, 0.29) is 31.6 Å². The van der Waals surface area contributed by atoms with E-state index in [1.807, 2.05) is 12.2 Å². The number of carbonyl (C=O) groups excluding carboxylic acids is 3. The van der Waals surface area contributed by atoms with Crippen LogP contribution in [0, 0.1) is 0 Å². The molecule has 0 aromatic rings. The summed E-state index contributed by atoms with van der Waals surface area (Å²) in [5, 5.41) is 0. The van der Waals surface area contributed by atoms with Gasteiger partial charge in [-0.05, 0) is 109 Å². The van der Waals surface area contributed by atoms with Crippen molar-refractivity contribution in [3.05, 3.63) is 109 Å². The third-order valence-corrected chi connectivity index (χ3v) is 11.5. The molecule has 0 N–H and O–H groups in total. The molecule has 0 amide bonds. The van der Waals surface area contributed by atoms with E-state index in [1.54, 1.807) is 0 Å². The van der Waals surface area contributed by atoms with Gasteiger partial charge in [0, 0.05) is 19.3 Å². The van der Waals surface area contributed by atoms with Crippen LogP contribution in [0.1, 0.15) is 245 Å². The smallest absolute Gasteiger partial charge is 0.306 e. The Morgan fingerprint density at radius 2 is 0.603 bits per heavy atom. The quantitative estimate of drug-likeness (QED) is 0.0262. The van der Waals surface area contributed by atoms with Crippen LogP contribution in [-0.2, 0) is 28.6 Å². The van der Waals surface area contributed by atoms with Crippen molar-refractivity contribution in [1.82, 2.24) is 0 Å². The predicted molar refractivity (Wildman–Crippen MR) is 293 cm³/mol. The molecule has 6 heteroatoms. The Balaban J connectivity index is 4.33. The van der Waals surface area contributed by atoms with Gasteiger partial charge in [-0.3, -0.25) is 14.4 Å². The lowest BCUT2D eigenvalue weighted by Crippen LogP contribution is -2.30. The van der Waals surface area contributed by atoms with Crippen molar-refractivity contribution < 1.29 is 28.6 Å². The standard InChI is InChI=1S/C62H102O6/c1-4-7-10-13-16-19-22-25-26-27-28-29-30-31-32-33-34-35-36-38-40-43-46-49-52-55-61(64)67-58-59(57-66-60(63)54-51-48-45-42-39-24-21-18-15-12-9-6-3)68-62(65)56-53-50-47-44-41-37-23-20-17-14-11-8-5-2/h7-8,10-11,16-21,25-26,28-29,37,41,47,50,59H,4-6,9,12-15,22-24,27,30-36,38-40,42-46,48-49,51-58H2,1-3H3/b10-7-,11-8-,19-16-,20-17-,21-18-,26-25-,29-28-,41-37-,50-47-. The molecule has 0 heterocycles. The van der Waals surface area contributed by atoms with E-state index >= 15 is 0 Å². The highest BCUT2D eigenvalue weighted by molar-refractivity contribution is 5.71. The highest BCUT2D eigenvalue weighted by Gasteiger charge is 2.19. The Morgan fingerprint density at radius 3 is 0.971 bits per heavy atom. The molecular formula is C62H102O6. The molecule has 0 saturated heterocycles. The van der Waals surface area contributed by atoms with E-state index < -0.39 is 12.1 Å². The van der Waals surface area contributed by atoms with Gasteiger partial charge in [-0.1, -0.05) is 226 Å². The second-order valence-corrected chi connectivity index (χ2v) is 18.1. The zero-order chi connectivity index (χ0) is 49.3. The molecule has 386 valence electrons. The van der Waals surface area contributed by atoms with E-state index in [0.29, 0.717) is 19.3 Å². The lowest BCUT2D eigenvalue weighted by atomic mass is 10.0. The van der Waals surface area contributed by atoms with Crippen molar-refractivity contribution in [2.45, 2.75) is 252 Å². The van der Waals surface area contributed by atoms with Gasteiger partial charge in [0.25, 0.3) is 0 Å². The highest BCUT2D eigenvalue weighted by Crippen LogP contribution is 2.15. The molecule has 0 aliphatic rings. The van der Waals surface area contributed by atoms with Crippen molar-refractivity contribution in [3.63, 3.8) is 0 Å². The van der Waals surface area contributed by atoms with Crippen LogP contribution in [0.15, 0.2) is 109 Å². The van der Waals surface area contributed by atoms with E-state index in [1.165, 1.54) is 96.3 Å². The SMILES string of the molecule is CC/C=C\C/C=C\C/C=C\C/C=C\CCCCCCCCCCCCCCC(=O)OCC(COC(=O)CCCCCCC/C=C\CCCCC)OC(=O)CC/C=C\C/C=C\C/C=C\C/C=C\CC. The van der Waals surface area contributed by atoms with Crippen LogP contribution in [0.3, 0.4) is 0 Å². The van der Waals surface area contributed by atoms with Gasteiger partial charge in [0.1, 0.15) is 13.2 Å². The fourth-order valence-corrected chi connectivity index (χ4v) is 7.38. The number of hydrogen-bond donors (Lipinski definition) is 0. The molecule has 0 radical (unpaired) electrons. The third kappa shape index (κ3) is 53.0. The molecular weight excluding hydrogens is 841 g/mol. The average molecular weight is 943 g/mol. The van der Waals surface area contributed by atoms with E-state index in [9.17, 15) is 14.4 Å². The van der Waals surface area contributed by atoms with Gasteiger partial charge in [-0.25, -0.2) is 0 Å². The summed E-state index contributed by atoms with van der Waals surface area (Å²) in [6.45, 7) is 6.31. The zero-order valence-corrected chi connectivity index (χ0v) is 44.1. The number of hydrogen-bond acceptors (Lipinski definition) is 6. The van der Waals surface area contributed by atoms with Crippen molar-refractivity contribution in [2.24, 2.45) is 0 Å². The van der Waals surface area contributed by atoms with Crippen LogP contribution in [-0.4, -0.2) is 37.2 Å². The van der Waals surface area contributed by atoms with Gasteiger partial charge < -0.3 is 14.2 Å². The molecule has 0 fully saturated rings. The highest BCUT2D eigenvalue weighted by atomic mass is 16.6. The van der Waals surface area contributed by atoms with Crippen LogP contribution in [0.4, 0.5) is 0 Å². The first-order valence-electron chi connectivity index (χ1n) is 27.9. The maximum Gasteiger partial charge on any atom is 0.306 e. The number of unbranched alkanes of at least 4 members (excludes halogenated alkanes) is 20. The summed E-state index contributed by atoms with van der Waals surface area (Å²) < 4.78 is 16.7. The summed E-state index contributed by atoms with van der Waals surface area (Å²) in [5.41, 5.74) is 0. The van der Waals surface area contributed by atoms with Crippen molar-refractivity contribution in [2.75, 3.05) is 13.2 Å². The number of rotatable bonds is 49. The topological polar surface area (TPSA) is 78.9 Å². The molecule has 68 heavy (non-hydrogen) atoms. The van der Waals surface area contributed by atoms with Crippen LogP contribution >= 0.6 is 0 Å². The summed E-state index contributed by atoms with van der Waals surface area (Å²) in [5.74, 6) is -1.01. The Kier molecular flexibility index (Phi) is 52.4. The van der Waals surface area contributed by atoms with Crippen LogP contribution in [0.2, 0.25) is 0 Å². The molecule has 0 aromatic heterocycles. The van der Waals surface area contributed by atoms with Crippen molar-refractivity contribution >= 4 is 17.9 Å². The van der Waals surface area contributed by atoms with Crippen LogP contribution in [0.25, 0.3) is 0 Å². The second-order valence-electron chi connectivity index (χ2n) is 18.1. The number of esters is 3. The monoisotopic (exact) mass is 943 g/mol. The fraction of sp³-hybridized carbons (Fsp3) is 0.661. The molecule has 0 spiro atoms. The summed E-state index contributed by atoms with van der Waals surface area (Å²) in [6, 6.07) is 0. The molecule has 0 aromatic carbocycles. The Morgan fingerprint density at radius 1 is 0.309 bits per heavy atom. The minimum atomic E-state index is -0.820. The summed E-state index contributed by atoms with van der Waals surface area (Å²) in [6.07, 6.45) is 75.3. The normalized spacial score (nSPS) is 12.9. The van der Waals surface area contributed by atoms with E-state index in [2.05, 4.69) is 118 Å². The zero-order valence-electron chi connectivity index (χ0n) is 44.1. The Bertz CT molecular complexity index is 1410. The van der Waals surface area contributed by atoms with Crippen molar-refractivity contribution in [3.8, 4) is 0 Å². The van der Waals surface area contributed by atoms with Gasteiger partial charge in [-0.15, -0.1) is 0 Å². The molecule has 6 nitrogen and oxygen atoms in total. The lowest BCUT2D eigenvalue weighted by Gasteiger charge is -2.18. The molecule has 0 aliphatic heterocycles. The average Bonchev–Trinajstić information content (AvgIpc) is 3.34. The predicted octanol–water partition coefficient (Wildman–Crippen LogP) is 18.7.